The largest absolute Gasteiger partial charge is 1.00 e. The molecule has 3 aromatic rings. The molecule has 0 fully saturated rings. The molecule has 1 unspecified atom stereocenters. The Bertz CT molecular complexity index is 1130. The molecule has 1 heterocycles. The van der Waals surface area contributed by atoms with Crippen molar-refractivity contribution in [3.05, 3.63) is 60.4 Å². The van der Waals surface area contributed by atoms with E-state index in [-0.39, 0.29) is 167 Å². The summed E-state index contributed by atoms with van der Waals surface area (Å²) in [4.78, 5) is 19.6. The summed E-state index contributed by atoms with van der Waals surface area (Å²) >= 11 is 0. The van der Waals surface area contributed by atoms with Crippen LogP contribution in [0.3, 0.4) is 0 Å². The SMILES string of the molecule is O=P([O-])([O-])C(CCCc1cccc(Oc2ccc3occc3c2)c1)S(=O)(=O)[O-].[K+].[K+].[K+]. The summed E-state index contributed by atoms with van der Waals surface area (Å²) in [7, 11) is -10.7. The first-order valence-electron chi connectivity index (χ1n) is 8.33. The van der Waals surface area contributed by atoms with Crippen LogP contribution in [0.1, 0.15) is 18.4 Å². The average molecular weight is 541 g/mol. The molecule has 0 amide bonds. The molecule has 0 saturated carbocycles. The zero-order chi connectivity index (χ0) is 20.4. The van der Waals surface area contributed by atoms with Gasteiger partial charge in [-0.1, -0.05) is 19.7 Å². The van der Waals surface area contributed by atoms with E-state index in [1.165, 1.54) is 0 Å². The van der Waals surface area contributed by atoms with Crippen LogP contribution < -0.4 is 169 Å². The second-order valence-corrected chi connectivity index (χ2v) is 9.86. The smallest absolute Gasteiger partial charge is 0.810 e. The van der Waals surface area contributed by atoms with Crippen molar-refractivity contribution in [1.82, 2.24) is 0 Å². The maximum Gasteiger partial charge on any atom is 1.00 e. The van der Waals surface area contributed by atoms with Gasteiger partial charge in [0.25, 0.3) is 0 Å². The molecule has 8 nitrogen and oxygen atoms in total. The molecule has 1 atom stereocenters. The van der Waals surface area contributed by atoms with E-state index < -0.39 is 29.1 Å². The van der Waals surface area contributed by atoms with Crippen LogP contribution in [0, 0.1) is 0 Å². The third kappa shape index (κ3) is 10.7. The van der Waals surface area contributed by atoms with Crippen molar-refractivity contribution in [3.63, 3.8) is 0 Å². The molecule has 0 saturated heterocycles. The second kappa shape index (κ2) is 15.1. The Morgan fingerprint density at radius 1 is 1.00 bits per heavy atom. The number of aryl methyl sites for hydroxylation is 1. The van der Waals surface area contributed by atoms with Gasteiger partial charge < -0.3 is 28.1 Å². The van der Waals surface area contributed by atoms with Gasteiger partial charge in [0.2, 0.25) is 0 Å². The molecule has 0 spiro atoms. The maximum absolute atomic E-state index is 11.0. The summed E-state index contributed by atoms with van der Waals surface area (Å²) < 4.78 is 55.1. The number of furan rings is 1. The topological polar surface area (TPSA) is 143 Å². The van der Waals surface area contributed by atoms with Crippen molar-refractivity contribution in [1.29, 1.82) is 0 Å². The van der Waals surface area contributed by atoms with Crippen LogP contribution in [-0.4, -0.2) is 18.0 Å². The van der Waals surface area contributed by atoms with E-state index in [2.05, 4.69) is 0 Å². The predicted octanol–water partition coefficient (Wildman–Crippen LogP) is -6.66. The van der Waals surface area contributed by atoms with Gasteiger partial charge in [0.15, 0.2) is 0 Å². The van der Waals surface area contributed by atoms with E-state index in [1.807, 2.05) is 12.1 Å². The first kappa shape index (κ1) is 33.7. The minimum Gasteiger partial charge on any atom is -0.810 e. The van der Waals surface area contributed by atoms with E-state index in [4.69, 9.17) is 9.15 Å². The van der Waals surface area contributed by atoms with E-state index in [0.717, 1.165) is 16.5 Å². The van der Waals surface area contributed by atoms with Gasteiger partial charge in [0, 0.05) is 5.39 Å². The summed E-state index contributed by atoms with van der Waals surface area (Å²) in [6.45, 7) is 0. The quantitative estimate of drug-likeness (QED) is 0.156. The first-order chi connectivity index (χ1) is 13.1. The molecule has 150 valence electrons. The molecule has 0 N–H and O–H groups in total. The van der Waals surface area contributed by atoms with E-state index in [0.29, 0.717) is 11.5 Å². The fourth-order valence-corrected chi connectivity index (χ4v) is 5.07. The summed E-state index contributed by atoms with van der Waals surface area (Å²) in [5.74, 6) is 1.13. The standard InChI is InChI=1S/C18H19O8PS.3K/c19-27(20,21)18(28(22,23)24)6-2-4-13-3-1-5-15(11-13)26-16-7-8-17-14(12-16)9-10-25-17;;;/h1,3,5,7-12,18H,2,4,6H2,(H2,19,20,21)(H,22,23,24);;;/q;3*+1/p-3. The van der Waals surface area contributed by atoms with Crippen molar-refractivity contribution in [2.45, 2.75) is 24.3 Å². The van der Waals surface area contributed by atoms with Gasteiger partial charge in [-0.2, -0.15) is 0 Å². The van der Waals surface area contributed by atoms with Crippen LogP contribution >= 0.6 is 7.60 Å². The first-order valence-corrected chi connectivity index (χ1v) is 11.4. The zero-order valence-corrected chi connectivity index (χ0v) is 28.6. The monoisotopic (exact) mass is 540 g/mol. The molecule has 0 radical (unpaired) electrons. The van der Waals surface area contributed by atoms with Crippen LogP contribution in [0.25, 0.3) is 11.0 Å². The molecular formula is C18H16K3O8PS. The number of ether oxygens (including phenoxy) is 1. The molecule has 3 rings (SSSR count). The third-order valence-electron chi connectivity index (χ3n) is 4.16. The Hall–Kier alpha value is 2.75. The Morgan fingerprint density at radius 3 is 2.32 bits per heavy atom. The van der Waals surface area contributed by atoms with Gasteiger partial charge in [0.05, 0.1) is 11.3 Å². The van der Waals surface area contributed by atoms with Crippen molar-refractivity contribution in [3.8, 4) is 11.5 Å². The summed E-state index contributed by atoms with van der Waals surface area (Å²) in [5.41, 5.74) is 1.48. The second-order valence-electron chi connectivity index (χ2n) is 6.25. The molecule has 1 aromatic heterocycles. The molecule has 0 aliphatic rings. The molecule has 13 heteroatoms. The Morgan fingerprint density at radius 2 is 1.68 bits per heavy atom. The summed E-state index contributed by atoms with van der Waals surface area (Å²) in [6.07, 6.45) is 1.36. The van der Waals surface area contributed by atoms with Gasteiger partial charge in [-0.15, -0.1) is 0 Å². The average Bonchev–Trinajstić information content (AvgIpc) is 3.04. The van der Waals surface area contributed by atoms with Crippen LogP contribution in [0.5, 0.6) is 11.5 Å². The Labute approximate surface area is 308 Å². The minimum atomic E-state index is -5.52. The molecule has 0 aliphatic heterocycles. The maximum atomic E-state index is 11.0. The van der Waals surface area contributed by atoms with E-state index >= 15 is 0 Å². The van der Waals surface area contributed by atoms with Crippen LogP contribution in [0.15, 0.2) is 59.2 Å². The van der Waals surface area contributed by atoms with Gasteiger partial charge >= 0.3 is 154 Å². The van der Waals surface area contributed by atoms with Gasteiger partial charge in [-0.25, -0.2) is 8.42 Å². The Kier molecular flexibility index (Phi) is 16.4. The third-order valence-corrected chi connectivity index (χ3v) is 7.58. The van der Waals surface area contributed by atoms with E-state index in [9.17, 15) is 27.3 Å². The fourth-order valence-electron chi connectivity index (χ4n) is 2.85. The molecule has 0 aliphatic carbocycles. The van der Waals surface area contributed by atoms with Crippen molar-refractivity contribution in [2.75, 3.05) is 0 Å². The van der Waals surface area contributed by atoms with Crippen LogP contribution in [0.4, 0.5) is 0 Å². The molecule has 31 heavy (non-hydrogen) atoms. The summed E-state index contributed by atoms with van der Waals surface area (Å²) in [6, 6.07) is 14.1. The summed E-state index contributed by atoms with van der Waals surface area (Å²) in [5, 5.41) is 0.887. The molecule has 0 bridgehead atoms. The van der Waals surface area contributed by atoms with Crippen molar-refractivity contribution < 1.29 is 191 Å². The van der Waals surface area contributed by atoms with Crippen LogP contribution in [0.2, 0.25) is 0 Å². The van der Waals surface area contributed by atoms with Gasteiger partial charge in [0.1, 0.15) is 27.2 Å². The van der Waals surface area contributed by atoms with Gasteiger partial charge in [-0.3, -0.25) is 0 Å². The van der Waals surface area contributed by atoms with E-state index in [1.54, 1.807) is 42.7 Å². The number of hydrogen-bond acceptors (Lipinski definition) is 8. The molecular weight excluding hydrogens is 525 g/mol. The van der Waals surface area contributed by atoms with Crippen LogP contribution in [-0.2, 0) is 21.1 Å². The Balaban J connectivity index is 0.00000300. The minimum absolute atomic E-state index is 0. The van der Waals surface area contributed by atoms with Crippen molar-refractivity contribution in [2.24, 2.45) is 0 Å². The number of rotatable bonds is 8. The van der Waals surface area contributed by atoms with Crippen molar-refractivity contribution >= 4 is 28.7 Å². The van der Waals surface area contributed by atoms with Gasteiger partial charge in [-0.05, 0) is 61.2 Å². The fraction of sp³-hybridized carbons (Fsp3) is 0.222. The predicted molar refractivity (Wildman–Crippen MR) is 96.8 cm³/mol. The number of fused-ring (bicyclic) bond motifs is 1. The number of benzene rings is 2. The zero-order valence-electron chi connectivity index (χ0n) is 17.5. The molecule has 2 aromatic carbocycles. The number of hydrogen-bond donors (Lipinski definition) is 0. The normalized spacial score (nSPS) is 12.2.